The molecule has 0 atom stereocenters. The number of unbranched alkanes of at least 4 members (excludes halogenated alkanes) is 9. The van der Waals surface area contributed by atoms with Crippen LogP contribution < -0.4 is 4.74 Å². The summed E-state index contributed by atoms with van der Waals surface area (Å²) in [6.07, 6.45) is 13.1. The molecule has 0 aliphatic carbocycles. The lowest BCUT2D eigenvalue weighted by Gasteiger charge is -2.06. The Balaban J connectivity index is 1.07. The number of benzene rings is 3. The van der Waals surface area contributed by atoms with Gasteiger partial charge in [0.15, 0.2) is 0 Å². The average molecular weight is 567 g/mol. The highest BCUT2D eigenvalue weighted by molar-refractivity contribution is 5.64. The third kappa shape index (κ3) is 8.06. The van der Waals surface area contributed by atoms with Gasteiger partial charge in [-0.3, -0.25) is 0 Å². The zero-order valence-electron chi connectivity index (χ0n) is 24.2. The highest BCUT2D eigenvalue weighted by Gasteiger charge is 2.14. The second kappa shape index (κ2) is 15.0. The number of ether oxygens (including phenoxy) is 1. The Labute approximate surface area is 246 Å². The van der Waals surface area contributed by atoms with Gasteiger partial charge >= 0.3 is 0 Å². The molecule has 8 nitrogen and oxygen atoms in total. The minimum atomic E-state index is 0.180. The van der Waals surface area contributed by atoms with E-state index in [2.05, 4.69) is 27.3 Å². The van der Waals surface area contributed by atoms with Crippen molar-refractivity contribution in [2.75, 3.05) is 6.61 Å². The van der Waals surface area contributed by atoms with E-state index in [9.17, 15) is 5.11 Å². The molecule has 0 saturated heterocycles. The van der Waals surface area contributed by atoms with Crippen molar-refractivity contribution in [3.63, 3.8) is 0 Å². The first-order valence-electron chi connectivity index (χ1n) is 15.0. The van der Waals surface area contributed by atoms with E-state index in [1.807, 2.05) is 48.5 Å². The van der Waals surface area contributed by atoms with Crippen molar-refractivity contribution >= 4 is 0 Å². The van der Waals surface area contributed by atoms with Crippen LogP contribution in [0.3, 0.4) is 0 Å². The van der Waals surface area contributed by atoms with E-state index < -0.39 is 0 Å². The minimum absolute atomic E-state index is 0.180. The van der Waals surface area contributed by atoms with E-state index in [4.69, 9.17) is 13.6 Å². The number of aromatic nitrogens is 4. The largest absolute Gasteiger partial charge is 0.508 e. The van der Waals surface area contributed by atoms with E-state index >= 15 is 0 Å². The molecule has 8 heteroatoms. The maximum absolute atomic E-state index is 9.48. The molecule has 0 fully saturated rings. The Bertz CT molecular complexity index is 1490. The van der Waals surface area contributed by atoms with Gasteiger partial charge in [0.2, 0.25) is 23.6 Å². The lowest BCUT2D eigenvalue weighted by Crippen LogP contribution is -1.97. The van der Waals surface area contributed by atoms with Crippen LogP contribution in [0, 0.1) is 0 Å². The van der Waals surface area contributed by atoms with Gasteiger partial charge in [0.05, 0.1) is 6.61 Å². The highest BCUT2D eigenvalue weighted by Crippen LogP contribution is 2.29. The second-order valence-electron chi connectivity index (χ2n) is 10.5. The summed E-state index contributed by atoms with van der Waals surface area (Å²) in [5.74, 6) is 2.68. The molecule has 0 aliphatic heterocycles. The van der Waals surface area contributed by atoms with Gasteiger partial charge in [0, 0.05) is 22.3 Å². The lowest BCUT2D eigenvalue weighted by molar-refractivity contribution is 0.304. The molecule has 0 amide bonds. The zero-order valence-corrected chi connectivity index (χ0v) is 24.2. The van der Waals surface area contributed by atoms with Crippen LogP contribution in [0.1, 0.15) is 71.1 Å². The first-order valence-corrected chi connectivity index (χ1v) is 15.0. The summed E-state index contributed by atoms with van der Waals surface area (Å²) >= 11 is 0. The molecule has 2 heterocycles. The van der Waals surface area contributed by atoms with Gasteiger partial charge in [-0.25, -0.2) is 0 Å². The van der Waals surface area contributed by atoms with Crippen molar-refractivity contribution in [1.82, 2.24) is 20.4 Å². The summed E-state index contributed by atoms with van der Waals surface area (Å²) in [4.78, 5) is 0. The van der Waals surface area contributed by atoms with Crippen molar-refractivity contribution in [2.24, 2.45) is 0 Å². The highest BCUT2D eigenvalue weighted by atomic mass is 16.5. The van der Waals surface area contributed by atoms with E-state index in [1.54, 1.807) is 24.3 Å². The fourth-order valence-electron chi connectivity index (χ4n) is 4.75. The van der Waals surface area contributed by atoms with Crippen molar-refractivity contribution in [2.45, 2.75) is 71.1 Å². The Hall–Kier alpha value is -4.46. The summed E-state index contributed by atoms with van der Waals surface area (Å²) in [5, 5.41) is 26.2. The van der Waals surface area contributed by atoms with Gasteiger partial charge in [-0.2, -0.15) is 0 Å². The summed E-state index contributed by atoms with van der Waals surface area (Å²) in [6.45, 7) is 3.00. The van der Waals surface area contributed by atoms with Gasteiger partial charge in [-0.05, 0) is 79.2 Å². The number of rotatable bonds is 16. The molecule has 42 heavy (non-hydrogen) atoms. The molecular formula is C34H38N4O4. The molecule has 5 rings (SSSR count). The van der Waals surface area contributed by atoms with Crippen LogP contribution in [0.2, 0.25) is 0 Å². The number of nitrogens with zero attached hydrogens (tertiary/aromatic N) is 4. The first kappa shape index (κ1) is 29.0. The lowest BCUT2D eigenvalue weighted by atomic mass is 10.1. The summed E-state index contributed by atoms with van der Waals surface area (Å²) in [6, 6.07) is 21.9. The van der Waals surface area contributed by atoms with E-state index in [0.29, 0.717) is 23.6 Å². The predicted octanol–water partition coefficient (Wildman–Crippen LogP) is 9.13. The van der Waals surface area contributed by atoms with E-state index in [1.165, 1.54) is 57.8 Å². The van der Waals surface area contributed by atoms with Crippen LogP contribution in [0.5, 0.6) is 11.5 Å². The molecule has 2 aromatic heterocycles. The molecular weight excluding hydrogens is 528 g/mol. The monoisotopic (exact) mass is 566 g/mol. The van der Waals surface area contributed by atoms with Gasteiger partial charge in [0.1, 0.15) is 11.5 Å². The molecule has 0 saturated carbocycles. The standard InChI is InChI=1S/C34H38N4O4/c1-2-3-4-5-6-7-8-9-10-11-24-40-30-22-18-28(19-23-30)34-38-36-32(42-34)26-14-12-25(13-15-26)31-35-37-33(41-31)27-16-20-29(39)21-17-27/h12-23,39H,2-11,24H2,1H3. The Kier molecular flexibility index (Phi) is 10.3. The number of hydrogen-bond donors (Lipinski definition) is 1. The molecule has 218 valence electrons. The minimum Gasteiger partial charge on any atom is -0.508 e. The second-order valence-corrected chi connectivity index (χ2v) is 10.5. The van der Waals surface area contributed by atoms with Crippen molar-refractivity contribution in [1.29, 1.82) is 0 Å². The Morgan fingerprint density at radius 3 is 1.29 bits per heavy atom. The Morgan fingerprint density at radius 1 is 0.500 bits per heavy atom. The molecule has 3 aromatic carbocycles. The van der Waals surface area contributed by atoms with E-state index in [0.717, 1.165) is 41.0 Å². The quantitative estimate of drug-likeness (QED) is 0.118. The molecule has 0 radical (unpaired) electrons. The average Bonchev–Trinajstić information content (AvgIpc) is 3.72. The van der Waals surface area contributed by atoms with Crippen molar-refractivity contribution in [3.05, 3.63) is 72.8 Å². The molecule has 0 aliphatic rings. The molecule has 0 unspecified atom stereocenters. The number of aromatic hydroxyl groups is 1. The molecule has 0 spiro atoms. The SMILES string of the molecule is CCCCCCCCCCCCOc1ccc(-c2nnc(-c3ccc(-c4nnc(-c5ccc(O)cc5)o4)cc3)o2)cc1. The van der Waals surface area contributed by atoms with Gasteiger partial charge in [0.25, 0.3) is 0 Å². The van der Waals surface area contributed by atoms with Crippen molar-refractivity contribution < 1.29 is 18.7 Å². The van der Waals surface area contributed by atoms with Crippen LogP contribution >= 0.6 is 0 Å². The van der Waals surface area contributed by atoms with Crippen LogP contribution in [0.4, 0.5) is 0 Å². The van der Waals surface area contributed by atoms with E-state index in [-0.39, 0.29) is 5.75 Å². The fraction of sp³-hybridized carbons (Fsp3) is 0.353. The topological polar surface area (TPSA) is 107 Å². The summed E-state index contributed by atoms with van der Waals surface area (Å²) in [5.41, 5.74) is 3.12. The maximum atomic E-state index is 9.48. The normalized spacial score (nSPS) is 11.2. The third-order valence-corrected chi connectivity index (χ3v) is 7.21. The zero-order chi connectivity index (χ0) is 29.0. The summed E-state index contributed by atoms with van der Waals surface area (Å²) in [7, 11) is 0. The fourth-order valence-corrected chi connectivity index (χ4v) is 4.75. The molecule has 5 aromatic rings. The molecule has 1 N–H and O–H groups in total. The van der Waals surface area contributed by atoms with Gasteiger partial charge < -0.3 is 18.7 Å². The molecule has 0 bridgehead atoms. The third-order valence-electron chi connectivity index (χ3n) is 7.21. The van der Waals surface area contributed by atoms with Crippen LogP contribution in [-0.2, 0) is 0 Å². The van der Waals surface area contributed by atoms with Gasteiger partial charge in [-0.1, -0.05) is 64.7 Å². The maximum Gasteiger partial charge on any atom is 0.248 e. The van der Waals surface area contributed by atoms with Crippen LogP contribution in [0.25, 0.3) is 45.8 Å². The van der Waals surface area contributed by atoms with Crippen LogP contribution in [0.15, 0.2) is 81.6 Å². The van der Waals surface area contributed by atoms with Crippen LogP contribution in [-0.4, -0.2) is 32.1 Å². The number of hydrogen-bond acceptors (Lipinski definition) is 8. The first-order chi connectivity index (χ1) is 20.7. The summed E-state index contributed by atoms with van der Waals surface area (Å²) < 4.78 is 17.7. The number of phenols is 1. The Morgan fingerprint density at radius 2 is 0.857 bits per heavy atom. The van der Waals surface area contributed by atoms with Crippen molar-refractivity contribution in [3.8, 4) is 57.3 Å². The number of phenolic OH excluding ortho intramolecular Hbond substituents is 1. The smallest absolute Gasteiger partial charge is 0.248 e. The predicted molar refractivity (Wildman–Crippen MR) is 163 cm³/mol. The van der Waals surface area contributed by atoms with Gasteiger partial charge in [-0.15, -0.1) is 20.4 Å².